The normalized spacial score (nSPS) is 10.0. The molecule has 0 fully saturated rings. The van der Waals surface area contributed by atoms with Crippen molar-refractivity contribution in [1.29, 1.82) is 0 Å². The minimum Gasteiger partial charge on any atom is -0.497 e. The lowest BCUT2D eigenvalue weighted by atomic mass is 10.1. The van der Waals surface area contributed by atoms with Crippen LogP contribution in [0.3, 0.4) is 0 Å². The summed E-state index contributed by atoms with van der Waals surface area (Å²) in [4.78, 5) is 18.5. The molecule has 98 valence electrons. The number of methoxy groups -OCH3 is 1. The molecule has 0 aliphatic carbocycles. The third-order valence-electron chi connectivity index (χ3n) is 2.61. The summed E-state index contributed by atoms with van der Waals surface area (Å²) < 4.78 is 5.05. The molecule has 0 saturated carbocycles. The summed E-state index contributed by atoms with van der Waals surface area (Å²) in [6, 6.07) is 6.88. The fraction of sp³-hybridized carbons (Fsp3) is 0.167. The summed E-state index contributed by atoms with van der Waals surface area (Å²) in [5, 5.41) is 13.9. The van der Waals surface area contributed by atoms with Gasteiger partial charge in [0, 0.05) is 12.6 Å². The third-order valence-corrected chi connectivity index (χ3v) is 2.61. The second kappa shape index (κ2) is 5.30. The summed E-state index contributed by atoms with van der Waals surface area (Å²) in [5.41, 5.74) is 0.758. The highest BCUT2D eigenvalue weighted by Gasteiger charge is 2.22. The van der Waals surface area contributed by atoms with Gasteiger partial charge in [-0.25, -0.2) is 9.97 Å². The third kappa shape index (κ3) is 2.44. The van der Waals surface area contributed by atoms with E-state index in [1.54, 1.807) is 38.4 Å². The van der Waals surface area contributed by atoms with Gasteiger partial charge in [-0.3, -0.25) is 10.1 Å². The first kappa shape index (κ1) is 12.7. The maximum Gasteiger partial charge on any atom is 0.337 e. The van der Waals surface area contributed by atoms with Crippen LogP contribution in [0.15, 0.2) is 30.6 Å². The molecule has 0 amide bonds. The van der Waals surface area contributed by atoms with Gasteiger partial charge in [-0.1, -0.05) is 0 Å². The molecule has 0 aliphatic rings. The molecule has 1 aromatic carbocycles. The number of aromatic nitrogens is 2. The second-order valence-electron chi connectivity index (χ2n) is 3.66. The molecule has 0 atom stereocenters. The summed E-state index contributed by atoms with van der Waals surface area (Å²) >= 11 is 0. The summed E-state index contributed by atoms with van der Waals surface area (Å²) in [5.74, 6) is 0.861. The smallest absolute Gasteiger partial charge is 0.337 e. The molecule has 0 radical (unpaired) electrons. The van der Waals surface area contributed by atoms with E-state index in [9.17, 15) is 10.1 Å². The standard InChI is InChI=1S/C12H12N4O3/c1-13-12-11(16(17)18)10(14-7-15-12)8-3-5-9(19-2)6-4-8/h3-7H,1-2H3,(H,13,14,15). The van der Waals surface area contributed by atoms with Crippen LogP contribution in [0.5, 0.6) is 5.75 Å². The van der Waals surface area contributed by atoms with Crippen molar-refractivity contribution >= 4 is 11.5 Å². The van der Waals surface area contributed by atoms with Crippen molar-refractivity contribution < 1.29 is 9.66 Å². The van der Waals surface area contributed by atoms with E-state index in [4.69, 9.17) is 4.74 Å². The summed E-state index contributed by atoms with van der Waals surface area (Å²) in [6.45, 7) is 0. The van der Waals surface area contributed by atoms with Crippen LogP contribution in [-0.4, -0.2) is 29.0 Å². The van der Waals surface area contributed by atoms with Gasteiger partial charge < -0.3 is 10.1 Å². The van der Waals surface area contributed by atoms with Gasteiger partial charge in [0.2, 0.25) is 5.82 Å². The van der Waals surface area contributed by atoms with Crippen LogP contribution in [0.1, 0.15) is 0 Å². The Bertz CT molecular complexity index is 598. The number of hydrogen-bond donors (Lipinski definition) is 1. The van der Waals surface area contributed by atoms with Gasteiger partial charge in [-0.05, 0) is 24.3 Å². The topological polar surface area (TPSA) is 90.2 Å². The van der Waals surface area contributed by atoms with Crippen molar-refractivity contribution in [2.24, 2.45) is 0 Å². The SMILES string of the molecule is CNc1ncnc(-c2ccc(OC)cc2)c1[N+](=O)[O-]. The maximum atomic E-state index is 11.2. The highest BCUT2D eigenvalue weighted by molar-refractivity contribution is 5.76. The molecule has 2 rings (SSSR count). The molecule has 0 spiro atoms. The van der Waals surface area contributed by atoms with Crippen LogP contribution in [-0.2, 0) is 0 Å². The lowest BCUT2D eigenvalue weighted by molar-refractivity contribution is -0.383. The zero-order chi connectivity index (χ0) is 13.8. The molecule has 2 aromatic rings. The summed E-state index contributed by atoms with van der Waals surface area (Å²) in [7, 11) is 3.13. The van der Waals surface area contributed by atoms with Crippen LogP contribution in [0, 0.1) is 10.1 Å². The molecule has 1 heterocycles. The Morgan fingerprint density at radius 3 is 2.47 bits per heavy atom. The highest BCUT2D eigenvalue weighted by Crippen LogP contribution is 2.33. The van der Waals surface area contributed by atoms with E-state index in [2.05, 4.69) is 15.3 Å². The predicted octanol–water partition coefficient (Wildman–Crippen LogP) is 2.10. The summed E-state index contributed by atoms with van der Waals surface area (Å²) in [6.07, 6.45) is 1.29. The highest BCUT2D eigenvalue weighted by atomic mass is 16.6. The Hall–Kier alpha value is -2.70. The van der Waals surface area contributed by atoms with Crippen molar-refractivity contribution in [3.05, 3.63) is 40.7 Å². The monoisotopic (exact) mass is 260 g/mol. The van der Waals surface area contributed by atoms with Crippen molar-refractivity contribution in [1.82, 2.24) is 9.97 Å². The minimum absolute atomic E-state index is 0.143. The lowest BCUT2D eigenvalue weighted by Gasteiger charge is -2.06. The average molecular weight is 260 g/mol. The van der Waals surface area contributed by atoms with Gasteiger partial charge in [0.25, 0.3) is 0 Å². The van der Waals surface area contributed by atoms with E-state index in [0.717, 1.165) is 0 Å². The molecule has 0 saturated heterocycles. The van der Waals surface area contributed by atoms with E-state index in [1.165, 1.54) is 6.33 Å². The van der Waals surface area contributed by atoms with Crippen molar-refractivity contribution in [2.75, 3.05) is 19.5 Å². The Morgan fingerprint density at radius 2 is 1.95 bits per heavy atom. The zero-order valence-corrected chi connectivity index (χ0v) is 10.5. The van der Waals surface area contributed by atoms with Crippen LogP contribution < -0.4 is 10.1 Å². The molecule has 0 aliphatic heterocycles. The molecular formula is C12H12N4O3. The molecule has 7 heteroatoms. The van der Waals surface area contributed by atoms with Gasteiger partial charge in [0.15, 0.2) is 5.69 Å². The number of nitrogens with one attached hydrogen (secondary N) is 1. The van der Waals surface area contributed by atoms with Crippen molar-refractivity contribution in [3.63, 3.8) is 0 Å². The fourth-order valence-corrected chi connectivity index (χ4v) is 1.69. The van der Waals surface area contributed by atoms with Gasteiger partial charge >= 0.3 is 5.69 Å². The quantitative estimate of drug-likeness (QED) is 0.668. The number of ether oxygens (including phenoxy) is 1. The van der Waals surface area contributed by atoms with Crippen molar-refractivity contribution in [3.8, 4) is 17.0 Å². The molecule has 19 heavy (non-hydrogen) atoms. The van der Waals surface area contributed by atoms with Crippen LogP contribution in [0.4, 0.5) is 11.5 Å². The number of rotatable bonds is 4. The van der Waals surface area contributed by atoms with Gasteiger partial charge in [0.1, 0.15) is 12.1 Å². The van der Waals surface area contributed by atoms with E-state index >= 15 is 0 Å². The van der Waals surface area contributed by atoms with Gasteiger partial charge in [-0.2, -0.15) is 0 Å². The Morgan fingerprint density at radius 1 is 1.26 bits per heavy atom. The van der Waals surface area contributed by atoms with E-state index in [-0.39, 0.29) is 17.2 Å². The number of nitrogens with zero attached hydrogens (tertiary/aromatic N) is 3. The zero-order valence-electron chi connectivity index (χ0n) is 10.5. The van der Waals surface area contributed by atoms with Crippen molar-refractivity contribution in [2.45, 2.75) is 0 Å². The fourth-order valence-electron chi connectivity index (χ4n) is 1.69. The largest absolute Gasteiger partial charge is 0.497 e. The van der Waals surface area contributed by atoms with Gasteiger partial charge in [0.05, 0.1) is 12.0 Å². The van der Waals surface area contributed by atoms with E-state index < -0.39 is 4.92 Å². The molecular weight excluding hydrogens is 248 g/mol. The lowest BCUT2D eigenvalue weighted by Crippen LogP contribution is -2.03. The van der Waals surface area contributed by atoms with Gasteiger partial charge in [-0.15, -0.1) is 0 Å². The van der Waals surface area contributed by atoms with Crippen LogP contribution >= 0.6 is 0 Å². The second-order valence-corrected chi connectivity index (χ2v) is 3.66. The first-order chi connectivity index (χ1) is 9.17. The van der Waals surface area contributed by atoms with E-state index in [0.29, 0.717) is 11.3 Å². The first-order valence-electron chi connectivity index (χ1n) is 5.49. The predicted molar refractivity (Wildman–Crippen MR) is 70.2 cm³/mol. The number of benzene rings is 1. The molecule has 1 N–H and O–H groups in total. The molecule has 0 unspecified atom stereocenters. The number of nitro groups is 1. The maximum absolute atomic E-state index is 11.2. The first-order valence-corrected chi connectivity index (χ1v) is 5.49. The van der Waals surface area contributed by atoms with Crippen LogP contribution in [0.25, 0.3) is 11.3 Å². The van der Waals surface area contributed by atoms with E-state index in [1.807, 2.05) is 0 Å². The molecule has 1 aromatic heterocycles. The minimum atomic E-state index is -0.495. The Kier molecular flexibility index (Phi) is 3.56. The molecule has 0 bridgehead atoms. The number of hydrogen-bond acceptors (Lipinski definition) is 6. The Balaban J connectivity index is 2.57. The average Bonchev–Trinajstić information content (AvgIpc) is 2.46. The van der Waals surface area contributed by atoms with Crippen LogP contribution in [0.2, 0.25) is 0 Å². The molecule has 7 nitrogen and oxygen atoms in total. The number of anilines is 1. The Labute approximate surface area is 109 Å².